The quantitative estimate of drug-likeness (QED) is 0.654. The highest BCUT2D eigenvalue weighted by Gasteiger charge is 2.42. The predicted molar refractivity (Wildman–Crippen MR) is 61.6 cm³/mol. The maximum absolute atomic E-state index is 13.2. The van der Waals surface area contributed by atoms with Gasteiger partial charge in [-0.05, 0) is 43.4 Å². The van der Waals surface area contributed by atoms with Gasteiger partial charge < -0.3 is 0 Å². The summed E-state index contributed by atoms with van der Waals surface area (Å²) in [6.07, 6.45) is 6.77. The molecule has 15 heavy (non-hydrogen) atoms. The molecule has 0 heterocycles. The maximum Gasteiger partial charge on any atom is 0.248 e. The van der Waals surface area contributed by atoms with Gasteiger partial charge in [-0.1, -0.05) is 22.4 Å². The van der Waals surface area contributed by atoms with Gasteiger partial charge in [0.1, 0.15) is 0 Å². The lowest BCUT2D eigenvalue weighted by Crippen LogP contribution is -2.36. The van der Waals surface area contributed by atoms with Crippen LogP contribution in [0.15, 0.2) is 0 Å². The largest absolute Gasteiger partial charge is 0.248 e. The molecule has 1 unspecified atom stereocenters. The lowest BCUT2D eigenvalue weighted by Gasteiger charge is -2.44. The molecule has 0 saturated heterocycles. The van der Waals surface area contributed by atoms with Crippen molar-refractivity contribution >= 4 is 15.9 Å². The molecule has 2 rings (SSSR count). The van der Waals surface area contributed by atoms with E-state index < -0.39 is 5.92 Å². The topological polar surface area (TPSA) is 0 Å². The smallest absolute Gasteiger partial charge is 0.207 e. The van der Waals surface area contributed by atoms with Crippen LogP contribution in [0.3, 0.4) is 0 Å². The Bertz CT molecular complexity index is 218. The number of halogens is 3. The van der Waals surface area contributed by atoms with Gasteiger partial charge in [-0.25, -0.2) is 8.78 Å². The molecule has 2 saturated carbocycles. The summed E-state index contributed by atoms with van der Waals surface area (Å²) < 4.78 is 26.5. The van der Waals surface area contributed by atoms with Gasteiger partial charge in [0.25, 0.3) is 0 Å². The van der Waals surface area contributed by atoms with Crippen LogP contribution in [0.2, 0.25) is 0 Å². The number of hydrogen-bond donors (Lipinski definition) is 0. The lowest BCUT2D eigenvalue weighted by molar-refractivity contribution is -0.0625. The Morgan fingerprint density at radius 1 is 1.13 bits per heavy atom. The molecule has 0 radical (unpaired) electrons. The van der Waals surface area contributed by atoms with Crippen molar-refractivity contribution in [2.24, 2.45) is 11.3 Å². The molecule has 1 atom stereocenters. The van der Waals surface area contributed by atoms with Gasteiger partial charge in [0.15, 0.2) is 0 Å². The average molecular weight is 281 g/mol. The second-order valence-corrected chi connectivity index (χ2v) is 6.07. The number of alkyl halides is 3. The molecule has 88 valence electrons. The Labute approximate surface area is 98.9 Å². The van der Waals surface area contributed by atoms with E-state index in [4.69, 9.17) is 0 Å². The van der Waals surface area contributed by atoms with Crippen LogP contribution in [0.1, 0.15) is 51.4 Å². The van der Waals surface area contributed by atoms with Crippen molar-refractivity contribution in [1.29, 1.82) is 0 Å². The zero-order chi connectivity index (χ0) is 10.9. The summed E-state index contributed by atoms with van der Waals surface area (Å²) in [4.78, 5) is 0. The highest BCUT2D eigenvalue weighted by molar-refractivity contribution is 9.09. The van der Waals surface area contributed by atoms with Crippen molar-refractivity contribution in [2.45, 2.75) is 57.3 Å². The van der Waals surface area contributed by atoms with E-state index in [0.717, 1.165) is 24.6 Å². The summed E-state index contributed by atoms with van der Waals surface area (Å²) in [6, 6.07) is 0. The molecule has 0 spiro atoms. The second kappa shape index (κ2) is 4.31. The molecule has 0 aliphatic heterocycles. The van der Waals surface area contributed by atoms with E-state index in [-0.39, 0.29) is 18.8 Å². The van der Waals surface area contributed by atoms with E-state index in [1.165, 1.54) is 19.3 Å². The first kappa shape index (κ1) is 11.8. The molecule has 0 aromatic carbocycles. The van der Waals surface area contributed by atoms with Gasteiger partial charge in [-0.2, -0.15) is 0 Å². The third-order valence-electron chi connectivity index (χ3n) is 4.16. The lowest BCUT2D eigenvalue weighted by atomic mass is 9.64. The van der Waals surface area contributed by atoms with E-state index in [2.05, 4.69) is 15.9 Å². The van der Waals surface area contributed by atoms with Gasteiger partial charge in [0.05, 0.1) is 0 Å². The van der Waals surface area contributed by atoms with Crippen LogP contribution in [0.25, 0.3) is 0 Å². The van der Waals surface area contributed by atoms with Crippen LogP contribution < -0.4 is 0 Å². The van der Waals surface area contributed by atoms with Gasteiger partial charge in [-0.3, -0.25) is 0 Å². The number of hydrogen-bond acceptors (Lipinski definition) is 0. The first-order valence-corrected chi connectivity index (χ1v) is 7.11. The molecule has 3 heteroatoms. The SMILES string of the molecule is FC1(F)CCCC(CC2(CBr)CCC2)C1. The Balaban J connectivity index is 1.88. The van der Waals surface area contributed by atoms with Crippen molar-refractivity contribution < 1.29 is 8.78 Å². The molecule has 2 fully saturated rings. The zero-order valence-electron chi connectivity index (χ0n) is 9.08. The summed E-state index contributed by atoms with van der Waals surface area (Å²) >= 11 is 3.55. The van der Waals surface area contributed by atoms with Crippen LogP contribution in [-0.2, 0) is 0 Å². The minimum Gasteiger partial charge on any atom is -0.207 e. The highest BCUT2D eigenvalue weighted by Crippen LogP contribution is 2.50. The van der Waals surface area contributed by atoms with Gasteiger partial charge in [0, 0.05) is 18.2 Å². The van der Waals surface area contributed by atoms with Crippen LogP contribution >= 0.6 is 15.9 Å². The molecule has 0 N–H and O–H groups in total. The van der Waals surface area contributed by atoms with Crippen molar-refractivity contribution in [1.82, 2.24) is 0 Å². The Morgan fingerprint density at radius 3 is 2.33 bits per heavy atom. The third-order valence-corrected chi connectivity index (χ3v) is 5.35. The molecule has 0 amide bonds. The van der Waals surface area contributed by atoms with Gasteiger partial charge in [0.2, 0.25) is 5.92 Å². The highest BCUT2D eigenvalue weighted by atomic mass is 79.9. The van der Waals surface area contributed by atoms with E-state index in [1.807, 2.05) is 0 Å². The standard InChI is InChI=1S/C12H19BrF2/c13-9-11(4-2-5-11)7-10-3-1-6-12(14,15)8-10/h10H,1-9H2. The normalized spacial score (nSPS) is 33.4. The van der Waals surface area contributed by atoms with Crippen LogP contribution in [0.4, 0.5) is 8.78 Å². The summed E-state index contributed by atoms with van der Waals surface area (Å²) in [5, 5.41) is 1.00. The monoisotopic (exact) mass is 280 g/mol. The first-order chi connectivity index (χ1) is 7.05. The fourth-order valence-corrected chi connectivity index (χ4v) is 3.92. The Hall–Kier alpha value is 0.340. The van der Waals surface area contributed by atoms with Crippen LogP contribution in [0.5, 0.6) is 0 Å². The van der Waals surface area contributed by atoms with Crippen molar-refractivity contribution in [3.63, 3.8) is 0 Å². The molecular weight excluding hydrogens is 262 g/mol. The van der Waals surface area contributed by atoms with Gasteiger partial charge in [-0.15, -0.1) is 0 Å². The fourth-order valence-electron chi connectivity index (χ4n) is 3.13. The Morgan fingerprint density at radius 2 is 1.87 bits per heavy atom. The Kier molecular flexibility index (Phi) is 3.39. The van der Waals surface area contributed by atoms with E-state index in [1.54, 1.807) is 0 Å². The van der Waals surface area contributed by atoms with E-state index in [0.29, 0.717) is 5.41 Å². The minimum absolute atomic E-state index is 0.116. The minimum atomic E-state index is -2.37. The van der Waals surface area contributed by atoms with Gasteiger partial charge >= 0.3 is 0 Å². The molecule has 2 aliphatic rings. The molecule has 0 aromatic heterocycles. The zero-order valence-corrected chi connectivity index (χ0v) is 10.7. The molecule has 0 bridgehead atoms. The first-order valence-electron chi connectivity index (χ1n) is 5.99. The van der Waals surface area contributed by atoms with Crippen molar-refractivity contribution in [2.75, 3.05) is 5.33 Å². The van der Waals surface area contributed by atoms with Crippen LogP contribution in [-0.4, -0.2) is 11.3 Å². The van der Waals surface area contributed by atoms with Crippen molar-refractivity contribution in [3.05, 3.63) is 0 Å². The summed E-state index contributed by atoms with van der Waals surface area (Å²) in [5.41, 5.74) is 0.373. The second-order valence-electron chi connectivity index (χ2n) is 5.51. The molecule has 0 aromatic rings. The third kappa shape index (κ3) is 2.72. The molecule has 2 aliphatic carbocycles. The predicted octanol–water partition coefficient (Wildman–Crippen LogP) is 4.77. The molecular formula is C12H19BrF2. The average Bonchev–Trinajstić information content (AvgIpc) is 2.10. The number of rotatable bonds is 3. The van der Waals surface area contributed by atoms with E-state index in [9.17, 15) is 8.78 Å². The maximum atomic E-state index is 13.2. The molecule has 0 nitrogen and oxygen atoms in total. The summed E-state index contributed by atoms with van der Waals surface area (Å²) in [5.74, 6) is -2.10. The fraction of sp³-hybridized carbons (Fsp3) is 1.00. The summed E-state index contributed by atoms with van der Waals surface area (Å²) in [6.45, 7) is 0. The van der Waals surface area contributed by atoms with Crippen molar-refractivity contribution in [3.8, 4) is 0 Å². The van der Waals surface area contributed by atoms with E-state index >= 15 is 0 Å². The summed E-state index contributed by atoms with van der Waals surface area (Å²) in [7, 11) is 0. The van der Waals surface area contributed by atoms with Crippen LogP contribution in [0, 0.1) is 11.3 Å².